The van der Waals surface area contributed by atoms with Gasteiger partial charge in [-0.1, -0.05) is 31.7 Å². The minimum atomic E-state index is 0.0718. The summed E-state index contributed by atoms with van der Waals surface area (Å²) in [6.45, 7) is 0. The molecule has 0 spiro atoms. The number of nitrogens with zero attached hydrogens (tertiary/aromatic N) is 1. The summed E-state index contributed by atoms with van der Waals surface area (Å²) < 4.78 is 0.742. The first-order valence-corrected chi connectivity index (χ1v) is 6.96. The van der Waals surface area contributed by atoms with E-state index >= 15 is 0 Å². The Morgan fingerprint density at radius 2 is 2.18 bits per heavy atom. The van der Waals surface area contributed by atoms with Crippen LogP contribution in [-0.4, -0.2) is 10.9 Å². The maximum absolute atomic E-state index is 11.7. The number of anilines is 1. The summed E-state index contributed by atoms with van der Waals surface area (Å²) in [5, 5.41) is 2.83. The number of hydrogen-bond donors (Lipinski definition) is 1. The Kier molecular flexibility index (Phi) is 4.54. The molecular formula is C13H17BrN2O. The Balaban J connectivity index is 1.76. The van der Waals surface area contributed by atoms with Gasteiger partial charge < -0.3 is 5.32 Å². The molecule has 17 heavy (non-hydrogen) atoms. The van der Waals surface area contributed by atoms with Crippen LogP contribution in [0.5, 0.6) is 0 Å². The molecule has 0 radical (unpaired) electrons. The fraction of sp³-hybridized carbons (Fsp3) is 0.538. The van der Waals surface area contributed by atoms with E-state index in [4.69, 9.17) is 0 Å². The molecule has 1 N–H and O–H groups in total. The van der Waals surface area contributed by atoms with Crippen LogP contribution < -0.4 is 5.32 Å². The molecule has 1 aromatic heterocycles. The zero-order valence-corrected chi connectivity index (χ0v) is 11.4. The van der Waals surface area contributed by atoms with E-state index in [9.17, 15) is 4.79 Å². The molecular weight excluding hydrogens is 280 g/mol. The number of rotatable bonds is 4. The zero-order chi connectivity index (χ0) is 12.1. The summed E-state index contributed by atoms with van der Waals surface area (Å²) in [5.41, 5.74) is 0. The van der Waals surface area contributed by atoms with Crippen molar-refractivity contribution < 1.29 is 4.79 Å². The van der Waals surface area contributed by atoms with Gasteiger partial charge in [0.25, 0.3) is 0 Å². The number of nitrogens with one attached hydrogen (secondary N) is 1. The van der Waals surface area contributed by atoms with Gasteiger partial charge in [0.15, 0.2) is 0 Å². The third-order valence-corrected chi connectivity index (χ3v) is 3.68. The van der Waals surface area contributed by atoms with Crippen molar-refractivity contribution in [2.45, 2.75) is 38.5 Å². The van der Waals surface area contributed by atoms with Gasteiger partial charge in [0.2, 0.25) is 5.91 Å². The molecule has 3 nitrogen and oxygen atoms in total. The molecule has 1 aromatic rings. The maximum Gasteiger partial charge on any atom is 0.225 e. The van der Waals surface area contributed by atoms with Crippen LogP contribution in [0.4, 0.5) is 5.82 Å². The van der Waals surface area contributed by atoms with Gasteiger partial charge in [-0.15, -0.1) is 0 Å². The predicted molar refractivity (Wildman–Crippen MR) is 71.8 cm³/mol. The Labute approximate surface area is 110 Å². The molecule has 0 saturated heterocycles. The molecule has 1 saturated carbocycles. The molecule has 1 fully saturated rings. The van der Waals surface area contributed by atoms with Crippen LogP contribution in [0.15, 0.2) is 22.8 Å². The first-order valence-electron chi connectivity index (χ1n) is 6.16. The van der Waals surface area contributed by atoms with Crippen LogP contribution in [0.25, 0.3) is 0 Å². The summed E-state index contributed by atoms with van der Waals surface area (Å²) in [6, 6.07) is 5.51. The van der Waals surface area contributed by atoms with Crippen molar-refractivity contribution in [2.75, 3.05) is 5.32 Å². The SMILES string of the molecule is O=C(CCC1CCCC1)Nc1cccc(Br)n1. The Morgan fingerprint density at radius 3 is 2.88 bits per heavy atom. The lowest BCUT2D eigenvalue weighted by atomic mass is 10.0. The van der Waals surface area contributed by atoms with E-state index in [1.54, 1.807) is 6.07 Å². The van der Waals surface area contributed by atoms with E-state index in [0.717, 1.165) is 16.9 Å². The molecule has 1 aliphatic carbocycles. The van der Waals surface area contributed by atoms with Gasteiger partial charge in [-0.25, -0.2) is 4.98 Å². The Morgan fingerprint density at radius 1 is 1.41 bits per heavy atom. The van der Waals surface area contributed by atoms with Crippen molar-refractivity contribution in [1.29, 1.82) is 0 Å². The molecule has 0 unspecified atom stereocenters. The quantitative estimate of drug-likeness (QED) is 0.860. The van der Waals surface area contributed by atoms with Gasteiger partial charge in [-0.3, -0.25) is 4.79 Å². The van der Waals surface area contributed by atoms with Gasteiger partial charge >= 0.3 is 0 Å². The molecule has 1 heterocycles. The molecule has 0 bridgehead atoms. The van der Waals surface area contributed by atoms with Crippen LogP contribution in [0, 0.1) is 5.92 Å². The summed E-state index contributed by atoms with van der Waals surface area (Å²) in [5.74, 6) is 1.45. The van der Waals surface area contributed by atoms with Gasteiger partial charge in [0, 0.05) is 6.42 Å². The van der Waals surface area contributed by atoms with Crippen molar-refractivity contribution in [3.05, 3.63) is 22.8 Å². The molecule has 0 aliphatic heterocycles. The number of halogens is 1. The highest BCUT2D eigenvalue weighted by molar-refractivity contribution is 9.10. The number of aromatic nitrogens is 1. The molecule has 1 aliphatic rings. The summed E-state index contributed by atoms with van der Waals surface area (Å²) in [4.78, 5) is 15.9. The highest BCUT2D eigenvalue weighted by Gasteiger charge is 2.16. The van der Waals surface area contributed by atoms with Crippen LogP contribution in [-0.2, 0) is 4.79 Å². The average Bonchev–Trinajstić information content (AvgIpc) is 2.79. The van der Waals surface area contributed by atoms with Crippen LogP contribution in [0.3, 0.4) is 0 Å². The van der Waals surface area contributed by atoms with Gasteiger partial charge in [-0.2, -0.15) is 0 Å². The molecule has 1 amide bonds. The second-order valence-electron chi connectivity index (χ2n) is 4.58. The number of hydrogen-bond acceptors (Lipinski definition) is 2. The van der Waals surface area contributed by atoms with Crippen molar-refractivity contribution >= 4 is 27.7 Å². The standard InChI is InChI=1S/C13H17BrN2O/c14-11-6-3-7-12(15-11)16-13(17)9-8-10-4-1-2-5-10/h3,6-7,10H,1-2,4-5,8-9H2,(H,15,16,17). The first kappa shape index (κ1) is 12.6. The normalized spacial score (nSPS) is 16.1. The number of pyridine rings is 1. The lowest BCUT2D eigenvalue weighted by Gasteiger charge is -2.08. The van der Waals surface area contributed by atoms with Gasteiger partial charge in [0.1, 0.15) is 10.4 Å². The average molecular weight is 297 g/mol. The van der Waals surface area contributed by atoms with Gasteiger partial charge in [-0.05, 0) is 40.4 Å². The van der Waals surface area contributed by atoms with E-state index in [-0.39, 0.29) is 5.91 Å². The summed E-state index contributed by atoms with van der Waals surface area (Å²) in [6.07, 6.45) is 6.88. The molecule has 0 atom stereocenters. The van der Waals surface area contributed by atoms with Crippen molar-refractivity contribution in [3.63, 3.8) is 0 Å². The lowest BCUT2D eigenvalue weighted by Crippen LogP contribution is -2.13. The highest BCUT2D eigenvalue weighted by Crippen LogP contribution is 2.28. The maximum atomic E-state index is 11.7. The topological polar surface area (TPSA) is 42.0 Å². The molecule has 4 heteroatoms. The first-order chi connectivity index (χ1) is 8.24. The number of carbonyl (C=O) groups is 1. The second kappa shape index (κ2) is 6.15. The lowest BCUT2D eigenvalue weighted by molar-refractivity contribution is -0.116. The third-order valence-electron chi connectivity index (χ3n) is 3.24. The Hall–Kier alpha value is -0.900. The van der Waals surface area contributed by atoms with Crippen molar-refractivity contribution in [1.82, 2.24) is 4.98 Å². The monoisotopic (exact) mass is 296 g/mol. The minimum absolute atomic E-state index is 0.0718. The summed E-state index contributed by atoms with van der Waals surface area (Å²) in [7, 11) is 0. The third kappa shape index (κ3) is 4.11. The summed E-state index contributed by atoms with van der Waals surface area (Å²) >= 11 is 3.28. The molecule has 92 valence electrons. The van der Waals surface area contributed by atoms with Crippen LogP contribution in [0.2, 0.25) is 0 Å². The van der Waals surface area contributed by atoms with Crippen LogP contribution >= 0.6 is 15.9 Å². The highest BCUT2D eigenvalue weighted by atomic mass is 79.9. The van der Waals surface area contributed by atoms with Crippen molar-refractivity contribution in [3.8, 4) is 0 Å². The molecule has 2 rings (SSSR count). The van der Waals surface area contributed by atoms with E-state index in [0.29, 0.717) is 12.2 Å². The minimum Gasteiger partial charge on any atom is -0.311 e. The van der Waals surface area contributed by atoms with E-state index in [1.807, 2.05) is 12.1 Å². The smallest absolute Gasteiger partial charge is 0.225 e. The van der Waals surface area contributed by atoms with Crippen LogP contribution in [0.1, 0.15) is 38.5 Å². The fourth-order valence-electron chi connectivity index (χ4n) is 2.32. The predicted octanol–water partition coefficient (Wildman–Crippen LogP) is 3.75. The van der Waals surface area contributed by atoms with E-state index in [2.05, 4.69) is 26.2 Å². The fourth-order valence-corrected chi connectivity index (χ4v) is 2.66. The zero-order valence-electron chi connectivity index (χ0n) is 9.79. The van der Waals surface area contributed by atoms with E-state index in [1.165, 1.54) is 25.7 Å². The molecule has 0 aromatic carbocycles. The van der Waals surface area contributed by atoms with Crippen molar-refractivity contribution in [2.24, 2.45) is 5.92 Å². The number of carbonyl (C=O) groups excluding carboxylic acids is 1. The van der Waals surface area contributed by atoms with E-state index < -0.39 is 0 Å². The Bertz CT molecular complexity index is 389. The largest absolute Gasteiger partial charge is 0.311 e. The second-order valence-corrected chi connectivity index (χ2v) is 5.40. The van der Waals surface area contributed by atoms with Gasteiger partial charge in [0.05, 0.1) is 0 Å². The number of amides is 1.